The number of aromatic nitrogens is 1. The molecular weight excluding hydrogens is 266 g/mol. The number of nitrogens with one attached hydrogen (secondary N) is 1. The van der Waals surface area contributed by atoms with Crippen LogP contribution >= 0.6 is 15.9 Å². The summed E-state index contributed by atoms with van der Waals surface area (Å²) in [5, 5.41) is 3.44. The van der Waals surface area contributed by atoms with Gasteiger partial charge in [-0.25, -0.2) is 0 Å². The van der Waals surface area contributed by atoms with Gasteiger partial charge in [-0.3, -0.25) is 4.98 Å². The van der Waals surface area contributed by atoms with Crippen molar-refractivity contribution in [2.24, 2.45) is 0 Å². The lowest BCUT2D eigenvalue weighted by molar-refractivity contribution is 0.587. The Labute approximate surface area is 105 Å². The van der Waals surface area contributed by atoms with Gasteiger partial charge in [-0.1, -0.05) is 6.92 Å². The van der Waals surface area contributed by atoms with Crippen LogP contribution < -0.4 is 10.2 Å². The number of rotatable bonds is 4. The standard InChI is InChI=1S/C12H18BrN3/c1-2-14-8-10-4-3-7-16(10)12-5-6-15-9-11(12)13/h5-6,9-10,14H,2-4,7-8H2,1H3. The molecule has 1 N–H and O–H groups in total. The molecule has 1 fully saturated rings. The Bertz CT molecular complexity index is 343. The van der Waals surface area contributed by atoms with E-state index in [-0.39, 0.29) is 0 Å². The minimum Gasteiger partial charge on any atom is -0.366 e. The predicted octanol–water partition coefficient (Wildman–Crippen LogP) is 2.42. The molecule has 1 unspecified atom stereocenters. The molecule has 1 atom stereocenters. The Morgan fingerprint density at radius 2 is 2.50 bits per heavy atom. The van der Waals surface area contributed by atoms with E-state index in [1.807, 2.05) is 12.4 Å². The van der Waals surface area contributed by atoms with Crippen molar-refractivity contribution in [1.29, 1.82) is 0 Å². The number of anilines is 1. The second-order valence-corrected chi connectivity index (χ2v) is 4.98. The van der Waals surface area contributed by atoms with Crippen LogP contribution in [0.1, 0.15) is 19.8 Å². The van der Waals surface area contributed by atoms with Gasteiger partial charge in [0, 0.05) is 31.5 Å². The van der Waals surface area contributed by atoms with E-state index in [1.54, 1.807) is 0 Å². The van der Waals surface area contributed by atoms with Crippen molar-refractivity contribution >= 4 is 21.6 Å². The lowest BCUT2D eigenvalue weighted by Crippen LogP contribution is -2.38. The highest BCUT2D eigenvalue weighted by molar-refractivity contribution is 9.10. The molecular formula is C12H18BrN3. The second kappa shape index (κ2) is 5.64. The van der Waals surface area contributed by atoms with Gasteiger partial charge in [0.15, 0.2) is 0 Å². The zero-order chi connectivity index (χ0) is 11.4. The first-order valence-corrected chi connectivity index (χ1v) is 6.69. The normalized spacial score (nSPS) is 20.4. The van der Waals surface area contributed by atoms with Crippen molar-refractivity contribution in [2.45, 2.75) is 25.8 Å². The zero-order valence-corrected chi connectivity index (χ0v) is 11.2. The molecule has 1 aliphatic rings. The van der Waals surface area contributed by atoms with Gasteiger partial charge in [0.25, 0.3) is 0 Å². The van der Waals surface area contributed by atoms with Crippen LogP contribution in [0.2, 0.25) is 0 Å². The van der Waals surface area contributed by atoms with Gasteiger partial charge < -0.3 is 10.2 Å². The molecule has 1 aliphatic heterocycles. The predicted molar refractivity (Wildman–Crippen MR) is 70.8 cm³/mol. The molecule has 1 aromatic heterocycles. The van der Waals surface area contributed by atoms with E-state index in [1.165, 1.54) is 18.5 Å². The minimum absolute atomic E-state index is 0.624. The summed E-state index contributed by atoms with van der Waals surface area (Å²) in [6, 6.07) is 2.72. The SMILES string of the molecule is CCNCC1CCCN1c1ccncc1Br. The number of likely N-dealkylation sites (N-methyl/N-ethyl adjacent to an activating group) is 1. The maximum absolute atomic E-state index is 4.11. The fourth-order valence-electron chi connectivity index (χ4n) is 2.28. The molecule has 1 saturated heterocycles. The summed E-state index contributed by atoms with van der Waals surface area (Å²) in [5.41, 5.74) is 1.27. The molecule has 0 bridgehead atoms. The summed E-state index contributed by atoms with van der Waals surface area (Å²) >= 11 is 3.58. The fraction of sp³-hybridized carbons (Fsp3) is 0.583. The van der Waals surface area contributed by atoms with Crippen molar-refractivity contribution in [3.8, 4) is 0 Å². The largest absolute Gasteiger partial charge is 0.366 e. The first-order chi connectivity index (χ1) is 7.83. The van der Waals surface area contributed by atoms with Crippen LogP contribution in [0, 0.1) is 0 Å². The number of halogens is 1. The van der Waals surface area contributed by atoms with Gasteiger partial charge in [0.1, 0.15) is 0 Å². The van der Waals surface area contributed by atoms with E-state index in [9.17, 15) is 0 Å². The van der Waals surface area contributed by atoms with E-state index < -0.39 is 0 Å². The van der Waals surface area contributed by atoms with Crippen LogP contribution in [0.15, 0.2) is 22.9 Å². The fourth-order valence-corrected chi connectivity index (χ4v) is 2.75. The Kier molecular flexibility index (Phi) is 4.18. The summed E-state index contributed by atoms with van der Waals surface area (Å²) in [6.45, 7) is 5.42. The molecule has 1 aromatic rings. The van der Waals surface area contributed by atoms with Crippen LogP contribution in [-0.2, 0) is 0 Å². The Morgan fingerprint density at radius 3 is 3.25 bits per heavy atom. The van der Waals surface area contributed by atoms with Gasteiger partial charge >= 0.3 is 0 Å². The van der Waals surface area contributed by atoms with E-state index in [0.29, 0.717) is 6.04 Å². The molecule has 16 heavy (non-hydrogen) atoms. The summed E-state index contributed by atoms with van der Waals surface area (Å²) < 4.78 is 1.10. The average Bonchev–Trinajstić information content (AvgIpc) is 2.75. The third kappa shape index (κ3) is 2.55. The highest BCUT2D eigenvalue weighted by atomic mass is 79.9. The van der Waals surface area contributed by atoms with Gasteiger partial charge in [0.05, 0.1) is 10.2 Å². The molecule has 2 heterocycles. The van der Waals surface area contributed by atoms with Crippen LogP contribution in [0.5, 0.6) is 0 Å². The van der Waals surface area contributed by atoms with Gasteiger partial charge in [-0.05, 0) is 41.4 Å². The van der Waals surface area contributed by atoms with Crippen LogP contribution in [0.25, 0.3) is 0 Å². The van der Waals surface area contributed by atoms with Gasteiger partial charge in [-0.15, -0.1) is 0 Å². The number of nitrogens with zero attached hydrogens (tertiary/aromatic N) is 2. The summed E-state index contributed by atoms with van der Waals surface area (Å²) in [7, 11) is 0. The molecule has 2 rings (SSSR count). The van der Waals surface area contributed by atoms with Crippen LogP contribution in [-0.4, -0.2) is 30.7 Å². The average molecular weight is 284 g/mol. The lowest BCUT2D eigenvalue weighted by atomic mass is 10.2. The topological polar surface area (TPSA) is 28.2 Å². The molecule has 0 amide bonds. The Balaban J connectivity index is 2.10. The zero-order valence-electron chi connectivity index (χ0n) is 9.62. The molecule has 0 aromatic carbocycles. The van der Waals surface area contributed by atoms with Crippen LogP contribution in [0.4, 0.5) is 5.69 Å². The highest BCUT2D eigenvalue weighted by Crippen LogP contribution is 2.30. The van der Waals surface area contributed by atoms with Crippen molar-refractivity contribution < 1.29 is 0 Å². The third-order valence-electron chi connectivity index (χ3n) is 3.07. The molecule has 0 radical (unpaired) electrons. The molecule has 4 heteroatoms. The molecule has 3 nitrogen and oxygen atoms in total. The summed E-state index contributed by atoms with van der Waals surface area (Å²) in [4.78, 5) is 6.59. The first kappa shape index (κ1) is 11.9. The third-order valence-corrected chi connectivity index (χ3v) is 3.68. The highest BCUT2D eigenvalue weighted by Gasteiger charge is 2.25. The maximum Gasteiger partial charge on any atom is 0.0592 e. The number of hydrogen-bond acceptors (Lipinski definition) is 3. The molecule has 0 saturated carbocycles. The molecule has 0 aliphatic carbocycles. The van der Waals surface area contributed by atoms with E-state index in [0.717, 1.165) is 24.1 Å². The Morgan fingerprint density at radius 1 is 1.62 bits per heavy atom. The second-order valence-electron chi connectivity index (χ2n) is 4.12. The smallest absolute Gasteiger partial charge is 0.0592 e. The van der Waals surface area contributed by atoms with Crippen molar-refractivity contribution in [3.63, 3.8) is 0 Å². The number of pyridine rings is 1. The summed E-state index contributed by atoms with van der Waals surface area (Å²) in [6.07, 6.45) is 6.30. The first-order valence-electron chi connectivity index (χ1n) is 5.89. The van der Waals surface area contributed by atoms with Gasteiger partial charge in [0.2, 0.25) is 0 Å². The van der Waals surface area contributed by atoms with Crippen molar-refractivity contribution in [3.05, 3.63) is 22.9 Å². The van der Waals surface area contributed by atoms with Crippen molar-refractivity contribution in [2.75, 3.05) is 24.5 Å². The van der Waals surface area contributed by atoms with E-state index >= 15 is 0 Å². The maximum atomic E-state index is 4.11. The molecule has 88 valence electrons. The van der Waals surface area contributed by atoms with Crippen LogP contribution in [0.3, 0.4) is 0 Å². The number of hydrogen-bond donors (Lipinski definition) is 1. The van der Waals surface area contributed by atoms with E-state index in [2.05, 4.69) is 44.1 Å². The quantitative estimate of drug-likeness (QED) is 0.920. The monoisotopic (exact) mass is 283 g/mol. The molecule has 0 spiro atoms. The lowest BCUT2D eigenvalue weighted by Gasteiger charge is -2.27. The van der Waals surface area contributed by atoms with E-state index in [4.69, 9.17) is 0 Å². The van der Waals surface area contributed by atoms with Gasteiger partial charge in [-0.2, -0.15) is 0 Å². The van der Waals surface area contributed by atoms with Crippen molar-refractivity contribution in [1.82, 2.24) is 10.3 Å². The Hall–Kier alpha value is -0.610. The summed E-state index contributed by atoms with van der Waals surface area (Å²) in [5.74, 6) is 0. The minimum atomic E-state index is 0.624.